The van der Waals surface area contributed by atoms with Crippen molar-refractivity contribution in [1.82, 2.24) is 24.6 Å². The van der Waals surface area contributed by atoms with Crippen molar-refractivity contribution < 1.29 is 4.79 Å². The molecular weight excluding hydrogens is 390 g/mol. The smallest absolute Gasteiger partial charge is 0.238 e. The fourth-order valence-electron chi connectivity index (χ4n) is 3.78. The molecule has 1 aromatic carbocycles. The lowest BCUT2D eigenvalue weighted by Crippen LogP contribution is -2.49. The molecule has 1 saturated heterocycles. The summed E-state index contributed by atoms with van der Waals surface area (Å²) in [7, 11) is 1.87. The lowest BCUT2D eigenvalue weighted by Gasteiger charge is -2.35. The third-order valence-corrected chi connectivity index (χ3v) is 5.54. The molecule has 1 aliphatic rings. The molecule has 0 aliphatic carbocycles. The van der Waals surface area contributed by atoms with Crippen LogP contribution in [0.5, 0.6) is 0 Å². The van der Waals surface area contributed by atoms with Crippen molar-refractivity contribution in [2.75, 3.05) is 42.9 Å². The molecule has 4 rings (SSSR count). The van der Waals surface area contributed by atoms with Gasteiger partial charge in [0, 0.05) is 33.2 Å². The zero-order valence-electron chi connectivity index (χ0n) is 16.8. The molecule has 3 heterocycles. The molecule has 2 aromatic heterocycles. The molecule has 152 valence electrons. The van der Waals surface area contributed by atoms with E-state index in [0.717, 1.165) is 54.2 Å². The summed E-state index contributed by atoms with van der Waals surface area (Å²) in [5.74, 6) is 0.846. The Hall–Kier alpha value is -2.71. The maximum absolute atomic E-state index is 12.5. The quantitative estimate of drug-likeness (QED) is 0.707. The summed E-state index contributed by atoms with van der Waals surface area (Å²) in [6.45, 7) is 7.41. The molecule has 0 saturated carbocycles. The summed E-state index contributed by atoms with van der Waals surface area (Å²) in [5.41, 5.74) is 3.56. The van der Waals surface area contributed by atoms with Gasteiger partial charge in [-0.25, -0.2) is 9.97 Å². The SMILES string of the molecule is Cc1cc(C)c(NC(=O)CN2CCN(c3ncnc4c3cnn4C)CC2)c(Cl)c1. The van der Waals surface area contributed by atoms with Crippen molar-refractivity contribution in [2.24, 2.45) is 7.05 Å². The fraction of sp³-hybridized carbons (Fsp3) is 0.400. The van der Waals surface area contributed by atoms with Crippen molar-refractivity contribution in [3.63, 3.8) is 0 Å². The number of hydrogen-bond donors (Lipinski definition) is 1. The van der Waals surface area contributed by atoms with Gasteiger partial charge in [-0.05, 0) is 31.0 Å². The minimum absolute atomic E-state index is 0.0519. The van der Waals surface area contributed by atoms with E-state index in [1.165, 1.54) is 0 Å². The Morgan fingerprint density at radius 3 is 2.66 bits per heavy atom. The van der Waals surface area contributed by atoms with E-state index >= 15 is 0 Å². The molecule has 0 bridgehead atoms. The normalized spacial score (nSPS) is 15.1. The largest absolute Gasteiger partial charge is 0.353 e. The average Bonchev–Trinajstić information content (AvgIpc) is 3.07. The van der Waals surface area contributed by atoms with E-state index in [1.807, 2.05) is 33.0 Å². The van der Waals surface area contributed by atoms with Crippen molar-refractivity contribution in [3.05, 3.63) is 40.8 Å². The van der Waals surface area contributed by atoms with Crippen LogP contribution >= 0.6 is 11.6 Å². The van der Waals surface area contributed by atoms with E-state index < -0.39 is 0 Å². The van der Waals surface area contributed by atoms with Gasteiger partial charge in [0.15, 0.2) is 5.65 Å². The van der Waals surface area contributed by atoms with Gasteiger partial charge in [-0.15, -0.1) is 0 Å². The van der Waals surface area contributed by atoms with Gasteiger partial charge in [0.1, 0.15) is 12.1 Å². The highest BCUT2D eigenvalue weighted by Gasteiger charge is 2.22. The van der Waals surface area contributed by atoms with Crippen molar-refractivity contribution in [1.29, 1.82) is 0 Å². The Kier molecular flexibility index (Phi) is 5.38. The molecule has 1 amide bonds. The third-order valence-electron chi connectivity index (χ3n) is 5.24. The maximum Gasteiger partial charge on any atom is 0.238 e. The summed E-state index contributed by atoms with van der Waals surface area (Å²) in [6.07, 6.45) is 3.38. The molecule has 0 radical (unpaired) electrons. The first kappa shape index (κ1) is 19.6. The number of hydrogen-bond acceptors (Lipinski definition) is 6. The first-order valence-electron chi connectivity index (χ1n) is 9.59. The highest BCUT2D eigenvalue weighted by Crippen LogP contribution is 2.27. The number of carbonyl (C=O) groups is 1. The van der Waals surface area contributed by atoms with Crippen LogP contribution in [0.25, 0.3) is 11.0 Å². The minimum Gasteiger partial charge on any atom is -0.353 e. The number of fused-ring (bicyclic) bond motifs is 1. The summed E-state index contributed by atoms with van der Waals surface area (Å²) < 4.78 is 1.75. The Labute approximate surface area is 174 Å². The molecule has 1 N–H and O–H groups in total. The van der Waals surface area contributed by atoms with Crippen LogP contribution in [0.15, 0.2) is 24.7 Å². The highest BCUT2D eigenvalue weighted by atomic mass is 35.5. The molecule has 1 aliphatic heterocycles. The number of aromatic nitrogens is 4. The van der Waals surface area contributed by atoms with Gasteiger partial charge < -0.3 is 10.2 Å². The van der Waals surface area contributed by atoms with E-state index in [2.05, 4.69) is 30.2 Å². The van der Waals surface area contributed by atoms with Crippen LogP contribution in [-0.2, 0) is 11.8 Å². The monoisotopic (exact) mass is 413 g/mol. The molecule has 0 spiro atoms. The standard InChI is InChI=1S/C20H24ClN7O/c1-13-8-14(2)18(16(21)9-13)25-17(29)11-27-4-6-28(7-5-27)20-15-10-24-26(3)19(15)22-12-23-20/h8-10,12H,4-7,11H2,1-3H3,(H,25,29). The second kappa shape index (κ2) is 7.96. The van der Waals surface area contributed by atoms with Gasteiger partial charge in [0.05, 0.1) is 28.8 Å². The number of carbonyl (C=O) groups excluding carboxylic acids is 1. The molecule has 3 aromatic rings. The van der Waals surface area contributed by atoms with Gasteiger partial charge >= 0.3 is 0 Å². The number of amides is 1. The maximum atomic E-state index is 12.5. The van der Waals surface area contributed by atoms with Gasteiger partial charge in [-0.3, -0.25) is 14.4 Å². The number of piperazine rings is 1. The second-order valence-electron chi connectivity index (χ2n) is 7.45. The lowest BCUT2D eigenvalue weighted by atomic mass is 10.1. The van der Waals surface area contributed by atoms with Gasteiger partial charge in [-0.1, -0.05) is 17.7 Å². The topological polar surface area (TPSA) is 79.2 Å². The summed E-state index contributed by atoms with van der Waals surface area (Å²) >= 11 is 6.30. The van der Waals surface area contributed by atoms with Gasteiger partial charge in [0.2, 0.25) is 5.91 Å². The summed E-state index contributed by atoms with van der Waals surface area (Å²) in [5, 5.41) is 8.77. The Balaban J connectivity index is 1.37. The van der Waals surface area contributed by atoms with E-state index in [-0.39, 0.29) is 5.91 Å². The molecular formula is C20H24ClN7O. The molecule has 1 fully saturated rings. The zero-order chi connectivity index (χ0) is 20.5. The van der Waals surface area contributed by atoms with E-state index in [1.54, 1.807) is 17.2 Å². The lowest BCUT2D eigenvalue weighted by molar-refractivity contribution is -0.117. The number of anilines is 2. The van der Waals surface area contributed by atoms with E-state index in [4.69, 9.17) is 11.6 Å². The van der Waals surface area contributed by atoms with Crippen molar-refractivity contribution in [2.45, 2.75) is 13.8 Å². The molecule has 9 heteroatoms. The van der Waals surface area contributed by atoms with Gasteiger partial charge in [-0.2, -0.15) is 5.10 Å². The number of halogens is 1. The van der Waals surface area contributed by atoms with Crippen molar-refractivity contribution in [3.8, 4) is 0 Å². The zero-order valence-corrected chi connectivity index (χ0v) is 17.6. The van der Waals surface area contributed by atoms with Crippen LogP contribution in [0.1, 0.15) is 11.1 Å². The third kappa shape index (κ3) is 4.04. The number of nitrogens with one attached hydrogen (secondary N) is 1. The Bertz CT molecular complexity index is 1030. The van der Waals surface area contributed by atoms with E-state index in [0.29, 0.717) is 17.3 Å². The number of rotatable bonds is 4. The molecule has 0 atom stereocenters. The number of benzene rings is 1. The molecule has 0 unspecified atom stereocenters. The predicted octanol–water partition coefficient (Wildman–Crippen LogP) is 2.39. The number of nitrogens with zero attached hydrogens (tertiary/aromatic N) is 6. The highest BCUT2D eigenvalue weighted by molar-refractivity contribution is 6.34. The first-order chi connectivity index (χ1) is 13.9. The molecule has 8 nitrogen and oxygen atoms in total. The van der Waals surface area contributed by atoms with Crippen LogP contribution < -0.4 is 10.2 Å². The summed E-state index contributed by atoms with van der Waals surface area (Å²) in [4.78, 5) is 25.7. The van der Waals surface area contributed by atoms with Crippen LogP contribution in [0.2, 0.25) is 5.02 Å². The molecule has 29 heavy (non-hydrogen) atoms. The Morgan fingerprint density at radius 2 is 1.93 bits per heavy atom. The second-order valence-corrected chi connectivity index (χ2v) is 7.86. The van der Waals surface area contributed by atoms with Crippen LogP contribution in [-0.4, -0.2) is 63.3 Å². The number of aryl methyl sites for hydroxylation is 3. The van der Waals surface area contributed by atoms with Crippen LogP contribution in [0, 0.1) is 13.8 Å². The minimum atomic E-state index is -0.0519. The summed E-state index contributed by atoms with van der Waals surface area (Å²) in [6, 6.07) is 3.88. The van der Waals surface area contributed by atoms with Crippen molar-refractivity contribution >= 4 is 40.0 Å². The Morgan fingerprint density at radius 1 is 1.17 bits per heavy atom. The fourth-order valence-corrected chi connectivity index (χ4v) is 4.14. The van der Waals surface area contributed by atoms with Crippen LogP contribution in [0.3, 0.4) is 0 Å². The van der Waals surface area contributed by atoms with Gasteiger partial charge in [0.25, 0.3) is 0 Å². The van der Waals surface area contributed by atoms with Crippen LogP contribution in [0.4, 0.5) is 11.5 Å². The van der Waals surface area contributed by atoms with E-state index in [9.17, 15) is 4.79 Å². The predicted molar refractivity (Wildman–Crippen MR) is 115 cm³/mol. The first-order valence-corrected chi connectivity index (χ1v) is 9.97. The average molecular weight is 414 g/mol.